The maximum atomic E-state index is 10.6. The minimum Gasteiger partial charge on any atom is -0.393 e. The molecule has 0 unspecified atom stereocenters. The molecular formula is C15H22O4. The second kappa shape index (κ2) is 3.08. The normalized spacial score (nSPS) is 62.3. The maximum Gasteiger partial charge on any atom is 0.195 e. The molecule has 2 heterocycles. The first-order valence-electron chi connectivity index (χ1n) is 7.20. The lowest BCUT2D eigenvalue weighted by Gasteiger charge is -2.53. The lowest BCUT2D eigenvalue weighted by atomic mass is 9.52. The van der Waals surface area contributed by atoms with Gasteiger partial charge in [0, 0.05) is 17.3 Å². The van der Waals surface area contributed by atoms with E-state index in [0.717, 1.165) is 12.8 Å². The van der Waals surface area contributed by atoms with Gasteiger partial charge in [-0.15, -0.1) is 0 Å². The van der Waals surface area contributed by atoms with Crippen molar-refractivity contribution < 1.29 is 19.7 Å². The van der Waals surface area contributed by atoms with Crippen molar-refractivity contribution in [3.8, 4) is 0 Å². The van der Waals surface area contributed by atoms with Crippen molar-refractivity contribution in [1.29, 1.82) is 0 Å². The fourth-order valence-corrected chi connectivity index (χ4v) is 5.30. The SMILES string of the molecule is CC1=C[C@]23O[C@@H]4C[C@@H](O)[C@](C)([C@@]2(C)CC1)[C@]4(CO)O3. The van der Waals surface area contributed by atoms with E-state index < -0.39 is 22.9 Å². The van der Waals surface area contributed by atoms with E-state index in [1.54, 1.807) is 0 Å². The van der Waals surface area contributed by atoms with Gasteiger partial charge in [-0.3, -0.25) is 0 Å². The van der Waals surface area contributed by atoms with Crippen LogP contribution in [0.25, 0.3) is 0 Å². The Hall–Kier alpha value is -0.420. The fraction of sp³-hybridized carbons (Fsp3) is 0.867. The van der Waals surface area contributed by atoms with Gasteiger partial charge in [0.25, 0.3) is 0 Å². The fourth-order valence-electron chi connectivity index (χ4n) is 5.30. The first-order valence-corrected chi connectivity index (χ1v) is 7.20. The number of fused-ring (bicyclic) bond motifs is 1. The summed E-state index contributed by atoms with van der Waals surface area (Å²) in [6.07, 6.45) is 3.89. The zero-order valence-electron chi connectivity index (χ0n) is 11.8. The average molecular weight is 266 g/mol. The molecule has 0 radical (unpaired) electrons. The highest BCUT2D eigenvalue weighted by Crippen LogP contribution is 2.77. The van der Waals surface area contributed by atoms with E-state index in [9.17, 15) is 10.2 Å². The Morgan fingerprint density at radius 1 is 1.42 bits per heavy atom. The van der Waals surface area contributed by atoms with Gasteiger partial charge in [0.15, 0.2) is 5.79 Å². The molecule has 1 spiro atoms. The second-order valence-corrected chi connectivity index (χ2v) is 7.20. The summed E-state index contributed by atoms with van der Waals surface area (Å²) in [4.78, 5) is 0. The molecule has 19 heavy (non-hydrogen) atoms. The van der Waals surface area contributed by atoms with E-state index >= 15 is 0 Å². The van der Waals surface area contributed by atoms with Crippen molar-refractivity contribution in [2.45, 2.75) is 63.6 Å². The van der Waals surface area contributed by atoms with Crippen LogP contribution < -0.4 is 0 Å². The summed E-state index contributed by atoms with van der Waals surface area (Å²) in [7, 11) is 0. The molecule has 2 aliphatic heterocycles. The molecule has 106 valence electrons. The second-order valence-electron chi connectivity index (χ2n) is 7.20. The topological polar surface area (TPSA) is 58.9 Å². The molecule has 4 rings (SSSR count). The summed E-state index contributed by atoms with van der Waals surface area (Å²) in [5.41, 5.74) is -0.211. The molecule has 2 N–H and O–H groups in total. The molecule has 0 aromatic rings. The van der Waals surface area contributed by atoms with Crippen LogP contribution in [0, 0.1) is 10.8 Å². The predicted octanol–water partition coefficient (Wildman–Crippen LogP) is 1.36. The number of rotatable bonds is 1. The number of hydrogen-bond donors (Lipinski definition) is 2. The van der Waals surface area contributed by atoms with Crippen molar-refractivity contribution in [2.75, 3.05) is 6.61 Å². The van der Waals surface area contributed by atoms with Crippen molar-refractivity contribution in [2.24, 2.45) is 10.8 Å². The van der Waals surface area contributed by atoms with Gasteiger partial charge in [-0.2, -0.15) is 0 Å². The molecule has 4 nitrogen and oxygen atoms in total. The molecule has 4 aliphatic rings. The van der Waals surface area contributed by atoms with Gasteiger partial charge in [0.2, 0.25) is 0 Å². The number of aliphatic hydroxyl groups excluding tert-OH is 2. The highest BCUT2D eigenvalue weighted by Gasteiger charge is 2.87. The van der Waals surface area contributed by atoms with Crippen LogP contribution in [0.4, 0.5) is 0 Å². The third kappa shape index (κ3) is 0.934. The smallest absolute Gasteiger partial charge is 0.195 e. The molecule has 6 atom stereocenters. The minimum absolute atomic E-state index is 0.0878. The largest absolute Gasteiger partial charge is 0.393 e. The quantitative estimate of drug-likeness (QED) is 0.704. The number of aliphatic hydroxyl groups is 2. The monoisotopic (exact) mass is 266 g/mol. The Morgan fingerprint density at radius 2 is 2.16 bits per heavy atom. The first-order chi connectivity index (χ1) is 8.85. The van der Waals surface area contributed by atoms with Crippen LogP contribution in [0.3, 0.4) is 0 Å². The number of allylic oxidation sites excluding steroid dienone is 1. The molecule has 0 aromatic heterocycles. The number of ether oxygens (including phenoxy) is 2. The van der Waals surface area contributed by atoms with Crippen LogP contribution in [0.1, 0.15) is 40.0 Å². The Kier molecular flexibility index (Phi) is 2.00. The number of hydrogen-bond acceptors (Lipinski definition) is 4. The molecule has 2 saturated heterocycles. The Labute approximate surface area is 113 Å². The van der Waals surface area contributed by atoms with E-state index in [1.165, 1.54) is 5.57 Å². The van der Waals surface area contributed by atoms with E-state index in [2.05, 4.69) is 26.8 Å². The molecule has 4 heteroatoms. The van der Waals surface area contributed by atoms with Crippen molar-refractivity contribution in [1.82, 2.24) is 0 Å². The van der Waals surface area contributed by atoms with Gasteiger partial charge >= 0.3 is 0 Å². The van der Waals surface area contributed by atoms with Crippen LogP contribution in [0.2, 0.25) is 0 Å². The van der Waals surface area contributed by atoms with Crippen LogP contribution in [-0.4, -0.2) is 40.4 Å². The van der Waals surface area contributed by atoms with Crippen molar-refractivity contribution in [3.05, 3.63) is 11.6 Å². The van der Waals surface area contributed by atoms with Gasteiger partial charge in [-0.05, 0) is 25.8 Å². The summed E-state index contributed by atoms with van der Waals surface area (Å²) in [6, 6.07) is 0. The van der Waals surface area contributed by atoms with E-state index in [-0.39, 0.29) is 18.1 Å². The van der Waals surface area contributed by atoms with Gasteiger partial charge < -0.3 is 19.7 Å². The van der Waals surface area contributed by atoms with Gasteiger partial charge in [0.1, 0.15) is 5.60 Å². The Bertz CT molecular complexity index is 489. The van der Waals surface area contributed by atoms with Crippen LogP contribution in [0.15, 0.2) is 11.6 Å². The lowest BCUT2D eigenvalue weighted by molar-refractivity contribution is -0.203. The maximum absolute atomic E-state index is 10.6. The molecule has 2 aliphatic carbocycles. The molecule has 2 bridgehead atoms. The molecular weight excluding hydrogens is 244 g/mol. The third-order valence-electron chi connectivity index (χ3n) is 6.76. The van der Waals surface area contributed by atoms with E-state index in [0.29, 0.717) is 6.42 Å². The Morgan fingerprint density at radius 3 is 2.84 bits per heavy atom. The summed E-state index contributed by atoms with van der Waals surface area (Å²) in [6.45, 7) is 6.24. The first kappa shape index (κ1) is 12.3. The Balaban J connectivity index is 2.00. The summed E-state index contributed by atoms with van der Waals surface area (Å²) < 4.78 is 12.6. The highest BCUT2D eigenvalue weighted by atomic mass is 16.8. The van der Waals surface area contributed by atoms with Crippen LogP contribution >= 0.6 is 0 Å². The predicted molar refractivity (Wildman–Crippen MR) is 68.3 cm³/mol. The van der Waals surface area contributed by atoms with E-state index in [1.807, 2.05) is 0 Å². The standard InChI is InChI=1S/C15H22O4/c1-9-4-5-12(2)13(3)10(17)6-11-14(13,8-16)19-15(12,7-9)18-11/h7,10-11,16-17H,4-6,8H2,1-3H3/t10-,11-,12-,13-,14-,15-/m1/s1. The van der Waals surface area contributed by atoms with E-state index in [4.69, 9.17) is 9.47 Å². The molecule has 0 amide bonds. The minimum atomic E-state index is -0.755. The zero-order valence-corrected chi connectivity index (χ0v) is 11.8. The van der Waals surface area contributed by atoms with Gasteiger partial charge in [-0.25, -0.2) is 0 Å². The van der Waals surface area contributed by atoms with Crippen LogP contribution in [0.5, 0.6) is 0 Å². The lowest BCUT2D eigenvalue weighted by Crippen LogP contribution is -2.62. The third-order valence-corrected chi connectivity index (χ3v) is 6.76. The molecule has 3 fully saturated rings. The summed E-state index contributed by atoms with van der Waals surface area (Å²) in [5.74, 6) is -0.755. The highest BCUT2D eigenvalue weighted by molar-refractivity contribution is 5.36. The molecule has 0 aromatic carbocycles. The summed E-state index contributed by atoms with van der Waals surface area (Å²) >= 11 is 0. The van der Waals surface area contributed by atoms with Gasteiger partial charge in [0.05, 0.1) is 18.8 Å². The van der Waals surface area contributed by atoms with Crippen molar-refractivity contribution >= 4 is 0 Å². The summed E-state index contributed by atoms with van der Waals surface area (Å²) in [5, 5.41) is 20.6. The molecule has 1 saturated carbocycles. The van der Waals surface area contributed by atoms with Gasteiger partial charge in [-0.1, -0.05) is 19.4 Å². The average Bonchev–Trinajstić information content (AvgIpc) is 2.82. The van der Waals surface area contributed by atoms with Crippen LogP contribution in [-0.2, 0) is 9.47 Å². The van der Waals surface area contributed by atoms with Crippen molar-refractivity contribution in [3.63, 3.8) is 0 Å². The zero-order chi connectivity index (χ0) is 13.7.